The first kappa shape index (κ1) is 21.8. The second kappa shape index (κ2) is 10.2. The van der Waals surface area contributed by atoms with Gasteiger partial charge in [-0.05, 0) is 54.3 Å². The van der Waals surface area contributed by atoms with Crippen LogP contribution < -0.4 is 10.1 Å². The molecule has 0 saturated carbocycles. The zero-order valence-electron chi connectivity index (χ0n) is 16.5. The molecule has 1 atom stereocenters. The van der Waals surface area contributed by atoms with E-state index in [9.17, 15) is 13.6 Å². The average Bonchev–Trinajstić information content (AvgIpc) is 3.21. The normalized spacial score (nSPS) is 12.0. The Morgan fingerprint density at radius 2 is 1.83 bits per heavy atom. The molecule has 3 aromatic rings. The third kappa shape index (κ3) is 6.03. The van der Waals surface area contributed by atoms with Crippen LogP contribution in [0.1, 0.15) is 31.7 Å². The van der Waals surface area contributed by atoms with Gasteiger partial charge in [-0.25, -0.2) is 0 Å². The number of aromatic nitrogens is 2. The Kier molecular flexibility index (Phi) is 7.40. The van der Waals surface area contributed by atoms with Gasteiger partial charge in [0, 0.05) is 11.3 Å². The fraction of sp³-hybridized carbons (Fsp3) is 0.286. The molecule has 158 valence electrons. The second-order valence-electron chi connectivity index (χ2n) is 6.54. The van der Waals surface area contributed by atoms with E-state index in [1.807, 2.05) is 24.3 Å². The Morgan fingerprint density at radius 1 is 1.13 bits per heavy atom. The number of thioether (sulfide) groups is 1. The number of nitrogens with one attached hydrogen (secondary N) is 1. The molecule has 9 heteroatoms. The van der Waals surface area contributed by atoms with Gasteiger partial charge in [0.1, 0.15) is 5.75 Å². The molecule has 6 nitrogen and oxygen atoms in total. The van der Waals surface area contributed by atoms with E-state index in [1.165, 1.54) is 29.8 Å². The fourth-order valence-electron chi connectivity index (χ4n) is 2.62. The summed E-state index contributed by atoms with van der Waals surface area (Å²) in [4.78, 5) is 12.2. The number of ether oxygens (including phenoxy) is 1. The largest absolute Gasteiger partial charge is 0.435 e. The lowest BCUT2D eigenvalue weighted by Crippen LogP contribution is -2.14. The molecular formula is C21H21F2N3O3S. The minimum absolute atomic E-state index is 0.0386. The number of amides is 1. The third-order valence-electron chi connectivity index (χ3n) is 4.44. The summed E-state index contributed by atoms with van der Waals surface area (Å²) in [7, 11) is 0. The number of alkyl halides is 2. The van der Waals surface area contributed by atoms with E-state index < -0.39 is 6.61 Å². The molecule has 0 saturated heterocycles. The Hall–Kier alpha value is -2.94. The highest BCUT2D eigenvalue weighted by Crippen LogP contribution is 2.26. The molecule has 2 aromatic carbocycles. The van der Waals surface area contributed by atoms with E-state index in [1.54, 1.807) is 0 Å². The number of hydrogen-bond acceptors (Lipinski definition) is 6. The first-order valence-electron chi connectivity index (χ1n) is 9.36. The van der Waals surface area contributed by atoms with Gasteiger partial charge in [-0.2, -0.15) is 8.78 Å². The maximum atomic E-state index is 12.2. The molecule has 0 bridgehead atoms. The minimum Gasteiger partial charge on any atom is -0.435 e. The van der Waals surface area contributed by atoms with E-state index in [-0.39, 0.29) is 28.5 Å². The molecule has 1 amide bonds. The maximum Gasteiger partial charge on any atom is 0.387 e. The number of rotatable bonds is 9. The van der Waals surface area contributed by atoms with Crippen molar-refractivity contribution in [3.63, 3.8) is 0 Å². The van der Waals surface area contributed by atoms with Gasteiger partial charge in [0.2, 0.25) is 11.8 Å². The van der Waals surface area contributed by atoms with E-state index in [0.29, 0.717) is 11.5 Å². The van der Waals surface area contributed by atoms with Crippen molar-refractivity contribution in [1.82, 2.24) is 10.2 Å². The van der Waals surface area contributed by atoms with Crippen LogP contribution in [0.5, 0.6) is 5.75 Å². The van der Waals surface area contributed by atoms with Crippen LogP contribution in [0.4, 0.5) is 14.5 Å². The highest BCUT2D eigenvalue weighted by atomic mass is 32.2. The molecule has 0 aliphatic rings. The Balaban J connectivity index is 1.51. The minimum atomic E-state index is -2.88. The molecule has 3 rings (SSSR count). The van der Waals surface area contributed by atoms with Crippen LogP contribution in [-0.2, 0) is 4.79 Å². The number of halogens is 2. The van der Waals surface area contributed by atoms with Crippen molar-refractivity contribution in [2.75, 3.05) is 11.1 Å². The molecule has 0 fully saturated rings. The Morgan fingerprint density at radius 3 is 2.47 bits per heavy atom. The number of anilines is 1. The van der Waals surface area contributed by atoms with Crippen LogP contribution >= 0.6 is 11.8 Å². The fourth-order valence-corrected chi connectivity index (χ4v) is 3.18. The molecule has 1 unspecified atom stereocenters. The second-order valence-corrected chi connectivity index (χ2v) is 7.47. The summed E-state index contributed by atoms with van der Waals surface area (Å²) < 4.78 is 34.2. The smallest absolute Gasteiger partial charge is 0.387 e. The molecule has 1 aromatic heterocycles. The number of carbonyl (C=O) groups excluding carboxylic acids is 1. The highest BCUT2D eigenvalue weighted by Gasteiger charge is 2.12. The van der Waals surface area contributed by atoms with Crippen molar-refractivity contribution < 1.29 is 22.7 Å². The van der Waals surface area contributed by atoms with Gasteiger partial charge in [0.15, 0.2) is 0 Å². The van der Waals surface area contributed by atoms with Crippen molar-refractivity contribution in [2.24, 2.45) is 0 Å². The lowest BCUT2D eigenvalue weighted by Gasteiger charge is -2.10. The topological polar surface area (TPSA) is 77.2 Å². The van der Waals surface area contributed by atoms with Gasteiger partial charge in [-0.3, -0.25) is 4.79 Å². The van der Waals surface area contributed by atoms with Gasteiger partial charge in [-0.15, -0.1) is 10.2 Å². The quantitative estimate of drug-likeness (QED) is 0.444. The van der Waals surface area contributed by atoms with Gasteiger partial charge in [0.25, 0.3) is 5.22 Å². The lowest BCUT2D eigenvalue weighted by molar-refractivity contribution is -0.113. The maximum absolute atomic E-state index is 12.2. The first-order valence-corrected chi connectivity index (χ1v) is 10.3. The van der Waals surface area contributed by atoms with Crippen LogP contribution in [0, 0.1) is 0 Å². The van der Waals surface area contributed by atoms with Gasteiger partial charge in [-0.1, -0.05) is 37.7 Å². The van der Waals surface area contributed by atoms with Gasteiger partial charge >= 0.3 is 6.61 Å². The summed E-state index contributed by atoms with van der Waals surface area (Å²) in [5.41, 5.74) is 2.52. The van der Waals surface area contributed by atoms with Crippen LogP contribution in [0.2, 0.25) is 0 Å². The Labute approximate surface area is 177 Å². The van der Waals surface area contributed by atoms with E-state index in [4.69, 9.17) is 4.42 Å². The molecule has 0 aliphatic carbocycles. The standard InChI is InChI=1S/C21H21F2N3O3S/c1-3-13(2)14-4-8-16(9-5-14)24-18(27)12-30-21-26-25-19(29-21)15-6-10-17(11-7-15)28-20(22)23/h4-11,13,20H,3,12H2,1-2H3,(H,24,27). The summed E-state index contributed by atoms with van der Waals surface area (Å²) in [6, 6.07) is 13.6. The highest BCUT2D eigenvalue weighted by molar-refractivity contribution is 7.99. The monoisotopic (exact) mass is 433 g/mol. The van der Waals surface area contributed by atoms with Crippen molar-refractivity contribution in [2.45, 2.75) is 38.0 Å². The Bertz CT molecular complexity index is 962. The molecule has 1 heterocycles. The van der Waals surface area contributed by atoms with Crippen LogP contribution in [-0.4, -0.2) is 28.5 Å². The van der Waals surface area contributed by atoms with E-state index in [0.717, 1.165) is 23.9 Å². The zero-order valence-corrected chi connectivity index (χ0v) is 17.3. The first-order chi connectivity index (χ1) is 14.4. The summed E-state index contributed by atoms with van der Waals surface area (Å²) in [6.07, 6.45) is 1.06. The molecule has 0 aliphatic heterocycles. The molecule has 30 heavy (non-hydrogen) atoms. The summed E-state index contributed by atoms with van der Waals surface area (Å²) in [5.74, 6) is 0.657. The van der Waals surface area contributed by atoms with Crippen molar-refractivity contribution >= 4 is 23.4 Å². The van der Waals surface area contributed by atoms with Crippen LogP contribution in [0.25, 0.3) is 11.5 Å². The predicted molar refractivity (Wildman–Crippen MR) is 111 cm³/mol. The summed E-state index contributed by atoms with van der Waals surface area (Å²) in [6.45, 7) is 1.41. The number of hydrogen-bond donors (Lipinski definition) is 1. The van der Waals surface area contributed by atoms with Crippen LogP contribution in [0.15, 0.2) is 58.2 Å². The van der Waals surface area contributed by atoms with E-state index in [2.05, 4.69) is 34.1 Å². The zero-order chi connectivity index (χ0) is 21.5. The molecule has 1 N–H and O–H groups in total. The van der Waals surface area contributed by atoms with Crippen LogP contribution in [0.3, 0.4) is 0 Å². The number of benzene rings is 2. The van der Waals surface area contributed by atoms with Crippen molar-refractivity contribution in [3.8, 4) is 17.2 Å². The van der Waals surface area contributed by atoms with Gasteiger partial charge in [0.05, 0.1) is 5.75 Å². The van der Waals surface area contributed by atoms with Gasteiger partial charge < -0.3 is 14.5 Å². The predicted octanol–water partition coefficient (Wildman–Crippen LogP) is 5.58. The van der Waals surface area contributed by atoms with E-state index >= 15 is 0 Å². The molecular weight excluding hydrogens is 412 g/mol. The summed E-state index contributed by atoms with van der Waals surface area (Å²) in [5, 5.41) is 10.9. The summed E-state index contributed by atoms with van der Waals surface area (Å²) >= 11 is 1.11. The third-order valence-corrected chi connectivity index (χ3v) is 5.25. The number of carbonyl (C=O) groups is 1. The number of nitrogens with zero attached hydrogens (tertiary/aromatic N) is 2. The molecule has 0 spiro atoms. The molecule has 0 radical (unpaired) electrons. The van der Waals surface area contributed by atoms with Crippen molar-refractivity contribution in [1.29, 1.82) is 0 Å². The average molecular weight is 433 g/mol. The lowest BCUT2D eigenvalue weighted by atomic mass is 9.99. The van der Waals surface area contributed by atoms with Crippen molar-refractivity contribution in [3.05, 3.63) is 54.1 Å². The SMILES string of the molecule is CCC(C)c1ccc(NC(=O)CSc2nnc(-c3ccc(OC(F)F)cc3)o2)cc1.